The van der Waals surface area contributed by atoms with Crippen LogP contribution >= 0.6 is 22.6 Å². The van der Waals surface area contributed by atoms with Crippen LogP contribution in [0.15, 0.2) is 54.9 Å². The van der Waals surface area contributed by atoms with Gasteiger partial charge in [-0.3, -0.25) is 0 Å². The van der Waals surface area contributed by atoms with Crippen molar-refractivity contribution in [3.8, 4) is 11.1 Å². The molecule has 0 unspecified atom stereocenters. The highest BCUT2D eigenvalue weighted by Gasteiger charge is 2.03. The largest absolute Gasteiger partial charge is 0.365 e. The average Bonchev–Trinajstić information content (AvgIpc) is 3.02. The predicted octanol–water partition coefficient (Wildman–Crippen LogP) is 4.21. The van der Waals surface area contributed by atoms with Gasteiger partial charge in [-0.25, -0.2) is 0 Å². The molecule has 0 spiro atoms. The van der Waals surface area contributed by atoms with Crippen molar-refractivity contribution in [3.05, 3.63) is 69.8 Å². The Hall–Kier alpha value is -1.49. The maximum absolute atomic E-state index is 3.34. The van der Waals surface area contributed by atoms with Crippen molar-refractivity contribution in [3.63, 3.8) is 0 Å². The summed E-state index contributed by atoms with van der Waals surface area (Å²) in [6, 6.07) is 14.9. The van der Waals surface area contributed by atoms with E-state index >= 15 is 0 Å². The molecule has 2 heterocycles. The normalized spacial score (nSPS) is 10.7. The van der Waals surface area contributed by atoms with Crippen LogP contribution in [-0.2, 0) is 6.42 Å². The van der Waals surface area contributed by atoms with Crippen molar-refractivity contribution in [1.82, 2.24) is 9.97 Å². The second kappa shape index (κ2) is 5.02. The van der Waals surface area contributed by atoms with Gasteiger partial charge >= 0.3 is 0 Å². The second-order valence-electron chi connectivity index (χ2n) is 4.29. The van der Waals surface area contributed by atoms with Gasteiger partial charge in [0.2, 0.25) is 0 Å². The molecule has 3 rings (SSSR count). The van der Waals surface area contributed by atoms with Crippen molar-refractivity contribution >= 4 is 22.6 Å². The molecule has 0 saturated heterocycles. The monoisotopic (exact) mass is 348 g/mol. The fourth-order valence-electron chi connectivity index (χ4n) is 2.04. The zero-order valence-electron chi connectivity index (χ0n) is 9.78. The zero-order valence-corrected chi connectivity index (χ0v) is 11.9. The van der Waals surface area contributed by atoms with Crippen LogP contribution < -0.4 is 0 Å². The van der Waals surface area contributed by atoms with Crippen molar-refractivity contribution < 1.29 is 0 Å². The van der Waals surface area contributed by atoms with Gasteiger partial charge in [-0.15, -0.1) is 0 Å². The van der Waals surface area contributed by atoms with E-state index in [1.807, 2.05) is 12.3 Å². The van der Waals surface area contributed by atoms with Crippen LogP contribution in [0.25, 0.3) is 11.1 Å². The first kappa shape index (κ1) is 11.6. The topological polar surface area (TPSA) is 31.6 Å². The lowest BCUT2D eigenvalue weighted by molar-refractivity contribution is 1.05. The number of H-pyrrole nitrogens is 2. The maximum atomic E-state index is 3.34. The molecule has 3 aromatic rings. The van der Waals surface area contributed by atoms with E-state index < -0.39 is 0 Å². The van der Waals surface area contributed by atoms with Crippen molar-refractivity contribution in [2.45, 2.75) is 6.42 Å². The minimum Gasteiger partial charge on any atom is -0.365 e. The summed E-state index contributed by atoms with van der Waals surface area (Å²) in [4.78, 5) is 6.56. The number of aromatic nitrogens is 2. The zero-order chi connectivity index (χ0) is 12.4. The number of rotatable bonds is 3. The van der Waals surface area contributed by atoms with Gasteiger partial charge < -0.3 is 9.97 Å². The van der Waals surface area contributed by atoms with Gasteiger partial charge in [-0.05, 0) is 64.0 Å². The third kappa shape index (κ3) is 2.51. The molecule has 0 fully saturated rings. The van der Waals surface area contributed by atoms with Crippen LogP contribution in [0.5, 0.6) is 0 Å². The van der Waals surface area contributed by atoms with Gasteiger partial charge in [0.05, 0.1) is 0 Å². The molecule has 90 valence electrons. The Labute approximate surface area is 120 Å². The maximum Gasteiger partial charge on any atom is 0.0278 e. The summed E-state index contributed by atoms with van der Waals surface area (Å²) in [6.45, 7) is 0. The van der Waals surface area contributed by atoms with Gasteiger partial charge in [0.25, 0.3) is 0 Å². The Balaban J connectivity index is 1.83. The van der Waals surface area contributed by atoms with Crippen molar-refractivity contribution in [1.29, 1.82) is 0 Å². The highest BCUT2D eigenvalue weighted by atomic mass is 127. The van der Waals surface area contributed by atoms with Crippen molar-refractivity contribution in [2.24, 2.45) is 0 Å². The summed E-state index contributed by atoms with van der Waals surface area (Å²) in [6.07, 6.45) is 4.94. The Bertz CT molecular complexity index is 621. The fourth-order valence-corrected chi connectivity index (χ4v) is 2.39. The van der Waals surface area contributed by atoms with Gasteiger partial charge in [-0.2, -0.15) is 0 Å². The SMILES string of the molecule is Ic1ccc(-c2c[nH]c(Cc3ccc[nH]3)c2)cc1. The standard InChI is InChI=1S/C15H13IN2/c16-13-5-3-11(4-6-13)12-8-15(18-10-12)9-14-2-1-7-17-14/h1-8,10,17-18H,9H2. The molecule has 2 aromatic heterocycles. The highest BCUT2D eigenvalue weighted by Crippen LogP contribution is 2.22. The smallest absolute Gasteiger partial charge is 0.0278 e. The average molecular weight is 348 g/mol. The van der Waals surface area contributed by atoms with Crippen LogP contribution in [0.4, 0.5) is 0 Å². The Morgan fingerprint density at radius 3 is 2.44 bits per heavy atom. The van der Waals surface area contributed by atoms with E-state index in [1.165, 1.54) is 26.1 Å². The second-order valence-corrected chi connectivity index (χ2v) is 5.54. The molecule has 0 radical (unpaired) electrons. The summed E-state index contributed by atoms with van der Waals surface area (Å²) in [5.74, 6) is 0. The number of hydrogen-bond donors (Lipinski definition) is 2. The molecule has 0 saturated carbocycles. The number of benzene rings is 1. The molecule has 2 N–H and O–H groups in total. The molecule has 0 atom stereocenters. The Kier molecular flexibility index (Phi) is 3.23. The van der Waals surface area contributed by atoms with Gasteiger partial charge in [-0.1, -0.05) is 12.1 Å². The fraction of sp³-hybridized carbons (Fsp3) is 0.0667. The van der Waals surface area contributed by atoms with Crippen LogP contribution in [-0.4, -0.2) is 9.97 Å². The van der Waals surface area contributed by atoms with Crippen LogP contribution in [0.2, 0.25) is 0 Å². The molecule has 0 bridgehead atoms. The van der Waals surface area contributed by atoms with Gasteiger partial charge in [0.1, 0.15) is 0 Å². The molecule has 2 nitrogen and oxygen atoms in total. The minimum atomic E-state index is 0.914. The molecule has 1 aromatic carbocycles. The van der Waals surface area contributed by atoms with Gasteiger partial charge in [0.15, 0.2) is 0 Å². The summed E-state index contributed by atoms with van der Waals surface area (Å²) in [7, 11) is 0. The molecule has 18 heavy (non-hydrogen) atoms. The first-order valence-electron chi connectivity index (χ1n) is 5.87. The molecule has 0 aliphatic heterocycles. The quantitative estimate of drug-likeness (QED) is 0.665. The lowest BCUT2D eigenvalue weighted by Gasteiger charge is -1.97. The lowest BCUT2D eigenvalue weighted by atomic mass is 10.1. The van der Waals surface area contributed by atoms with E-state index in [4.69, 9.17) is 0 Å². The molecular formula is C15H13IN2. The van der Waals surface area contributed by atoms with Crippen LogP contribution in [0, 0.1) is 3.57 Å². The first-order chi connectivity index (χ1) is 8.81. The minimum absolute atomic E-state index is 0.914. The third-order valence-electron chi connectivity index (χ3n) is 2.96. The van der Waals surface area contributed by atoms with E-state index in [0.29, 0.717) is 0 Å². The van der Waals surface area contributed by atoms with E-state index in [-0.39, 0.29) is 0 Å². The summed E-state index contributed by atoms with van der Waals surface area (Å²) < 4.78 is 1.26. The third-order valence-corrected chi connectivity index (χ3v) is 3.68. The molecule has 3 heteroatoms. The highest BCUT2D eigenvalue weighted by molar-refractivity contribution is 14.1. The molecule has 0 amide bonds. The number of aromatic amines is 2. The molecule has 0 aliphatic carbocycles. The van der Waals surface area contributed by atoms with E-state index in [1.54, 1.807) is 0 Å². The van der Waals surface area contributed by atoms with E-state index in [2.05, 4.69) is 75.2 Å². The molecular weight excluding hydrogens is 335 g/mol. The summed E-state index contributed by atoms with van der Waals surface area (Å²) in [5, 5.41) is 0. The number of nitrogens with one attached hydrogen (secondary N) is 2. The number of halogens is 1. The van der Waals surface area contributed by atoms with Crippen LogP contribution in [0.1, 0.15) is 11.4 Å². The number of hydrogen-bond acceptors (Lipinski definition) is 0. The van der Waals surface area contributed by atoms with Gasteiger partial charge in [0, 0.05) is 33.8 Å². The van der Waals surface area contributed by atoms with E-state index in [0.717, 1.165) is 6.42 Å². The van der Waals surface area contributed by atoms with Crippen LogP contribution in [0.3, 0.4) is 0 Å². The van der Waals surface area contributed by atoms with Crippen molar-refractivity contribution in [2.75, 3.05) is 0 Å². The Morgan fingerprint density at radius 2 is 1.72 bits per heavy atom. The predicted molar refractivity (Wildman–Crippen MR) is 82.5 cm³/mol. The Morgan fingerprint density at radius 1 is 0.889 bits per heavy atom. The molecule has 0 aliphatic rings. The summed E-state index contributed by atoms with van der Waals surface area (Å²) >= 11 is 2.32. The summed E-state index contributed by atoms with van der Waals surface area (Å²) in [5.41, 5.74) is 4.95. The van der Waals surface area contributed by atoms with E-state index in [9.17, 15) is 0 Å². The lowest BCUT2D eigenvalue weighted by Crippen LogP contribution is -1.86. The first-order valence-corrected chi connectivity index (χ1v) is 6.94.